The molecule has 2 aromatic heterocycles. The van der Waals surface area contributed by atoms with E-state index in [0.717, 1.165) is 30.6 Å². The number of urea groups is 1. The monoisotopic (exact) mass is 1470 g/mol. The average molecular weight is 1470 g/mol. The van der Waals surface area contributed by atoms with Crippen molar-refractivity contribution in [3.8, 4) is 5.75 Å². The number of anilines is 6. The molecule has 3 aromatic carbocycles. The SMILES string of the molecule is CC[C@@H]1C(=O)N(C)c2cnc(Nc3ccc(C(=O)NCc4cn(CCCN(CCC(=O)Nc5cccc6c5CN(C5CCC(=O)NC5=O)C6=O)C(=O)OCc5ccc(NC(=O)[C@H](CCCNC(N)=O)NC(=O)[C@@H](NC(=O)CCCCCN6C(=O)C=CC6=O)C(C)C)cc5)nn4)cc3OC)nc2N1C1CCCC1. The van der Waals surface area contributed by atoms with E-state index in [9.17, 15) is 62.3 Å². The van der Waals surface area contributed by atoms with E-state index in [1.807, 2.05) is 6.92 Å². The first-order valence-corrected chi connectivity index (χ1v) is 36.1. The third-order valence-electron chi connectivity index (χ3n) is 19.3. The minimum Gasteiger partial charge on any atom is -0.495 e. The van der Waals surface area contributed by atoms with Gasteiger partial charge in [-0.2, -0.15) is 4.98 Å². The van der Waals surface area contributed by atoms with Crippen molar-refractivity contribution in [3.63, 3.8) is 0 Å². The third-order valence-corrected chi connectivity index (χ3v) is 19.3. The zero-order chi connectivity index (χ0) is 76.4. The number of aromatic nitrogens is 5. The number of aryl methyl sites for hydroxylation is 1. The molecule has 1 saturated carbocycles. The Morgan fingerprint density at radius 1 is 0.804 bits per heavy atom. The van der Waals surface area contributed by atoms with Crippen molar-refractivity contribution in [1.29, 1.82) is 0 Å². The molecule has 0 radical (unpaired) electrons. The summed E-state index contributed by atoms with van der Waals surface area (Å²) in [5, 5.41) is 30.5. The Kier molecular flexibility index (Phi) is 26.3. The molecule has 34 nitrogen and oxygen atoms in total. The Balaban J connectivity index is 0.745. The Labute approximate surface area is 617 Å². The molecule has 5 aliphatic rings. The molecule has 5 aromatic rings. The van der Waals surface area contributed by atoms with Crippen LogP contribution >= 0.6 is 0 Å². The fourth-order valence-corrected chi connectivity index (χ4v) is 13.5. The van der Waals surface area contributed by atoms with Gasteiger partial charge in [-0.3, -0.25) is 67.6 Å². The van der Waals surface area contributed by atoms with Gasteiger partial charge in [-0.25, -0.2) is 14.6 Å². The number of nitrogens with one attached hydrogen (secondary N) is 8. The molecule has 1 saturated heterocycles. The largest absolute Gasteiger partial charge is 0.495 e. The number of fused-ring (bicyclic) bond motifs is 2. The number of nitrogens with two attached hydrogens (primary N) is 1. The maximum absolute atomic E-state index is 14.1. The minimum atomic E-state index is -1.14. The van der Waals surface area contributed by atoms with Crippen LogP contribution in [0.15, 0.2) is 85.2 Å². The first kappa shape index (κ1) is 77.7. The van der Waals surface area contributed by atoms with Crippen molar-refractivity contribution in [2.75, 3.05) is 66.1 Å². The molecule has 568 valence electrons. The molecule has 2 fully saturated rings. The lowest BCUT2D eigenvalue weighted by Gasteiger charge is -2.43. The number of carbonyl (C=O) groups is 13. The fourth-order valence-electron chi connectivity index (χ4n) is 13.5. The number of likely N-dealkylation sites (N-methyl/N-ethyl adjacent to an activating group) is 1. The van der Waals surface area contributed by atoms with Gasteiger partial charge in [0.2, 0.25) is 47.3 Å². The van der Waals surface area contributed by atoms with Crippen molar-refractivity contribution >= 4 is 112 Å². The van der Waals surface area contributed by atoms with E-state index in [2.05, 4.69) is 62.7 Å². The van der Waals surface area contributed by atoms with Crippen molar-refractivity contribution in [1.82, 2.24) is 66.2 Å². The van der Waals surface area contributed by atoms with E-state index >= 15 is 0 Å². The van der Waals surface area contributed by atoms with Crippen LogP contribution in [0.1, 0.15) is 155 Å². The number of imide groups is 2. The fraction of sp³-hybridized carbons (Fsp3) is 0.466. The highest BCUT2D eigenvalue weighted by molar-refractivity contribution is 6.13. The van der Waals surface area contributed by atoms with Gasteiger partial charge in [0.15, 0.2) is 5.82 Å². The first-order chi connectivity index (χ1) is 51.5. The Bertz CT molecular complexity index is 4200. The van der Waals surface area contributed by atoms with Crippen LogP contribution in [-0.2, 0) is 74.1 Å². The van der Waals surface area contributed by atoms with Gasteiger partial charge in [-0.15, -0.1) is 5.10 Å². The van der Waals surface area contributed by atoms with E-state index in [-0.39, 0.29) is 121 Å². The molecular formula is C73H91N19O15. The van der Waals surface area contributed by atoms with Crippen LogP contribution in [-0.4, -0.2) is 187 Å². The van der Waals surface area contributed by atoms with E-state index in [0.29, 0.717) is 100 Å². The lowest BCUT2D eigenvalue weighted by molar-refractivity contribution is -0.138. The second-order valence-electron chi connectivity index (χ2n) is 27.1. The molecule has 14 amide bonds. The number of benzene rings is 3. The zero-order valence-electron chi connectivity index (χ0n) is 60.5. The van der Waals surface area contributed by atoms with E-state index in [1.54, 1.807) is 104 Å². The lowest BCUT2D eigenvalue weighted by atomic mass is 10.0. The number of hydrogen-bond acceptors (Lipinski definition) is 21. The molecule has 4 atom stereocenters. The predicted molar refractivity (Wildman–Crippen MR) is 389 cm³/mol. The van der Waals surface area contributed by atoms with Crippen LogP contribution < -0.4 is 62.8 Å². The van der Waals surface area contributed by atoms with Crippen LogP contribution in [0.5, 0.6) is 5.75 Å². The maximum Gasteiger partial charge on any atom is 0.410 e. The van der Waals surface area contributed by atoms with Crippen molar-refractivity contribution < 1.29 is 71.8 Å². The number of piperidine rings is 1. The van der Waals surface area contributed by atoms with E-state index < -0.39 is 83.4 Å². The van der Waals surface area contributed by atoms with Crippen molar-refractivity contribution in [2.24, 2.45) is 11.7 Å². The van der Waals surface area contributed by atoms with Crippen LogP contribution in [0, 0.1) is 5.92 Å². The van der Waals surface area contributed by atoms with Gasteiger partial charge in [-0.1, -0.05) is 63.4 Å². The number of primary amides is 1. The number of hydrogen-bond donors (Lipinski definition) is 9. The highest BCUT2D eigenvalue weighted by atomic mass is 16.6. The molecule has 6 heterocycles. The molecule has 1 aliphatic carbocycles. The van der Waals surface area contributed by atoms with Crippen LogP contribution in [0.3, 0.4) is 0 Å². The van der Waals surface area contributed by atoms with Crippen LogP contribution in [0.4, 0.5) is 44.1 Å². The molecule has 4 aliphatic heterocycles. The number of nitrogens with zero attached hydrogens (tertiary/aromatic N) is 10. The van der Waals surface area contributed by atoms with E-state index in [4.69, 9.17) is 20.2 Å². The topological polar surface area (TPSA) is 435 Å². The van der Waals surface area contributed by atoms with Crippen LogP contribution in [0.25, 0.3) is 0 Å². The zero-order valence-corrected chi connectivity index (χ0v) is 60.5. The normalized spacial score (nSPS) is 16.8. The standard InChI is InChI=1S/C73H91N19O15/c1-6-54-70(103)87(4)56-39-77-72(84-64(56)92(54)48-15-9-10-16-48)81-52-26-23-45(37-57(52)106-5)65(98)76-38-47-40-89(86-85-47)34-14-33-88(36-31-60(95)79-51-18-12-17-49-50(51)41-91(69(49)102)55-27-28-59(94)83-67(55)100)73(105)107-42-44-21-24-46(25-22-44)78-66(99)53(19-13-32-75-71(74)104)80-68(101)63(43(2)3)82-58(93)20-8-7-11-35-90-61(96)29-30-62(90)97/h12,17-18,21-26,29-30,37,39-40,43,48,53-55,63H,6-11,13-16,19-20,27-28,31-36,38,41-42H2,1-5H3,(H,76,98)(H,78,99)(H,79,95)(H,80,101)(H,82,93)(H3,74,75,104)(H,77,81,84)(H,83,94,100)/t53-,54+,55?,63-/m0/s1. The second-order valence-corrected chi connectivity index (χ2v) is 27.1. The highest BCUT2D eigenvalue weighted by Crippen LogP contribution is 2.41. The summed E-state index contributed by atoms with van der Waals surface area (Å²) in [4.78, 5) is 186. The number of rotatable bonds is 35. The first-order valence-electron chi connectivity index (χ1n) is 36.1. The predicted octanol–water partition coefficient (Wildman–Crippen LogP) is 4.57. The molecule has 0 spiro atoms. The van der Waals surface area contributed by atoms with Crippen LogP contribution in [0.2, 0.25) is 0 Å². The highest BCUT2D eigenvalue weighted by Gasteiger charge is 2.43. The third kappa shape index (κ3) is 19.9. The molecule has 107 heavy (non-hydrogen) atoms. The summed E-state index contributed by atoms with van der Waals surface area (Å²) >= 11 is 0. The second kappa shape index (κ2) is 36.2. The number of methoxy groups -OCH3 is 1. The summed E-state index contributed by atoms with van der Waals surface area (Å²) in [5.74, 6) is -3.81. The summed E-state index contributed by atoms with van der Waals surface area (Å²) in [6.07, 6.45) is 11.8. The van der Waals surface area contributed by atoms with Gasteiger partial charge >= 0.3 is 12.1 Å². The van der Waals surface area contributed by atoms with Gasteiger partial charge in [0.25, 0.3) is 23.6 Å². The number of carbonyl (C=O) groups excluding carboxylic acids is 13. The average Bonchev–Trinajstić information content (AvgIpc) is 1.68. The summed E-state index contributed by atoms with van der Waals surface area (Å²) in [7, 11) is 3.22. The van der Waals surface area contributed by atoms with Gasteiger partial charge in [0.05, 0.1) is 31.7 Å². The molecule has 10 N–H and O–H groups in total. The molecule has 1 unspecified atom stereocenters. The molecule has 10 rings (SSSR count). The summed E-state index contributed by atoms with van der Waals surface area (Å²) < 4.78 is 13.1. The maximum atomic E-state index is 14.1. The molecular weight excluding hydrogens is 1380 g/mol. The Morgan fingerprint density at radius 3 is 2.29 bits per heavy atom. The summed E-state index contributed by atoms with van der Waals surface area (Å²) in [6.45, 7) is 5.74. The quantitative estimate of drug-likeness (QED) is 0.0198. The van der Waals surface area contributed by atoms with Crippen molar-refractivity contribution in [2.45, 2.75) is 174 Å². The smallest absolute Gasteiger partial charge is 0.410 e. The van der Waals surface area contributed by atoms with E-state index in [1.165, 1.54) is 29.1 Å². The van der Waals surface area contributed by atoms with Gasteiger partial charge in [0.1, 0.15) is 47.9 Å². The van der Waals surface area contributed by atoms with Gasteiger partial charge in [0, 0.05) is 112 Å². The molecule has 0 bridgehead atoms. The summed E-state index contributed by atoms with van der Waals surface area (Å²) in [5.41, 5.74) is 9.07. The van der Waals surface area contributed by atoms with Gasteiger partial charge < -0.3 is 72.0 Å². The van der Waals surface area contributed by atoms with Gasteiger partial charge in [-0.05, 0) is 112 Å². The lowest BCUT2D eigenvalue weighted by Crippen LogP contribution is -2.55. The summed E-state index contributed by atoms with van der Waals surface area (Å²) in [6, 6.07) is 12.1. The number of amides is 14. The van der Waals surface area contributed by atoms with Crippen molar-refractivity contribution in [3.05, 3.63) is 113 Å². The molecule has 34 heteroatoms. The number of unbranched alkanes of at least 4 members (excludes halogenated alkanes) is 2. The Hall–Kier alpha value is -11.9. The minimum absolute atomic E-state index is 0.00350. The number of ether oxygens (including phenoxy) is 2. The Morgan fingerprint density at radius 2 is 1.57 bits per heavy atom.